The van der Waals surface area contributed by atoms with Crippen molar-refractivity contribution in [3.05, 3.63) is 0 Å². The molecule has 1 nitrogen and oxygen atoms in total. The predicted octanol–water partition coefficient (Wildman–Crippen LogP) is 3.43. The van der Waals surface area contributed by atoms with Crippen LogP contribution in [0, 0.1) is 17.3 Å². The second-order valence-electron chi connectivity index (χ2n) is 4.99. The van der Waals surface area contributed by atoms with E-state index in [1.165, 1.54) is 6.42 Å². The van der Waals surface area contributed by atoms with Crippen molar-refractivity contribution in [2.45, 2.75) is 60.4 Å². The quantitative estimate of drug-likeness (QED) is 0.697. The highest BCUT2D eigenvalue weighted by molar-refractivity contribution is 4.85. The maximum Gasteiger partial charge on any atom is 0.00670 e. The Hall–Kier alpha value is -0.0400. The highest BCUT2D eigenvalue weighted by atomic mass is 14.7. The number of hydrogen-bond donors (Lipinski definition) is 1. The fourth-order valence-corrected chi connectivity index (χ4v) is 1.88. The molecule has 0 rings (SSSR count). The van der Waals surface area contributed by atoms with Crippen LogP contribution in [-0.2, 0) is 0 Å². The van der Waals surface area contributed by atoms with Crippen LogP contribution in [0.3, 0.4) is 0 Å². The topological polar surface area (TPSA) is 26.0 Å². The summed E-state index contributed by atoms with van der Waals surface area (Å²) in [6.45, 7) is 13.8. The van der Waals surface area contributed by atoms with Crippen molar-refractivity contribution in [1.29, 1.82) is 0 Å². The normalized spacial score (nSPS) is 19.6. The minimum Gasteiger partial charge on any atom is -0.327 e. The molecular weight excluding hydrogens is 158 g/mol. The Labute approximate surface area is 84.1 Å². The monoisotopic (exact) mass is 185 g/mol. The van der Waals surface area contributed by atoms with E-state index in [4.69, 9.17) is 5.73 Å². The summed E-state index contributed by atoms with van der Waals surface area (Å²) in [6.07, 6.45) is 2.33. The molecule has 0 unspecified atom stereocenters. The van der Waals surface area contributed by atoms with Gasteiger partial charge in [0.25, 0.3) is 0 Å². The molecule has 0 aliphatic rings. The molecular formula is C12H27N. The zero-order chi connectivity index (χ0) is 10.6. The molecule has 0 fully saturated rings. The van der Waals surface area contributed by atoms with Gasteiger partial charge in [-0.25, -0.2) is 0 Å². The molecule has 0 saturated carbocycles. The fourth-order valence-electron chi connectivity index (χ4n) is 1.88. The van der Waals surface area contributed by atoms with Crippen LogP contribution < -0.4 is 5.73 Å². The van der Waals surface area contributed by atoms with Crippen LogP contribution >= 0.6 is 0 Å². The molecule has 0 aromatic heterocycles. The lowest BCUT2D eigenvalue weighted by Crippen LogP contribution is -2.40. The number of hydrogen-bond acceptors (Lipinski definition) is 1. The van der Waals surface area contributed by atoms with Gasteiger partial charge in [-0.05, 0) is 23.7 Å². The molecule has 13 heavy (non-hydrogen) atoms. The molecule has 0 aliphatic carbocycles. The molecule has 0 spiro atoms. The summed E-state index contributed by atoms with van der Waals surface area (Å²) >= 11 is 0. The van der Waals surface area contributed by atoms with Gasteiger partial charge in [0.15, 0.2) is 0 Å². The SMILES string of the molecule is CC[C@@H](C)C(C)(C)[C@H](C)[C@@H](N)CC. The van der Waals surface area contributed by atoms with Crippen molar-refractivity contribution < 1.29 is 0 Å². The lowest BCUT2D eigenvalue weighted by molar-refractivity contribution is 0.112. The molecule has 0 aromatic carbocycles. The van der Waals surface area contributed by atoms with Gasteiger partial charge >= 0.3 is 0 Å². The van der Waals surface area contributed by atoms with Crippen molar-refractivity contribution in [2.75, 3.05) is 0 Å². The highest BCUT2D eigenvalue weighted by Gasteiger charge is 2.33. The summed E-state index contributed by atoms with van der Waals surface area (Å²) in [6, 6.07) is 0.351. The van der Waals surface area contributed by atoms with E-state index >= 15 is 0 Å². The van der Waals surface area contributed by atoms with E-state index < -0.39 is 0 Å². The zero-order valence-electron chi connectivity index (χ0n) is 10.2. The summed E-state index contributed by atoms with van der Waals surface area (Å²) in [5.41, 5.74) is 6.46. The minimum atomic E-state index is 0.351. The molecule has 3 atom stereocenters. The van der Waals surface area contributed by atoms with Crippen molar-refractivity contribution >= 4 is 0 Å². The van der Waals surface area contributed by atoms with Gasteiger partial charge in [-0.3, -0.25) is 0 Å². The van der Waals surface area contributed by atoms with Crippen LogP contribution in [0.25, 0.3) is 0 Å². The third kappa shape index (κ3) is 2.98. The van der Waals surface area contributed by atoms with Gasteiger partial charge in [-0.15, -0.1) is 0 Å². The maximum absolute atomic E-state index is 6.10. The van der Waals surface area contributed by atoms with Crippen molar-refractivity contribution in [1.82, 2.24) is 0 Å². The molecule has 0 aliphatic heterocycles. The van der Waals surface area contributed by atoms with Crippen molar-refractivity contribution in [3.63, 3.8) is 0 Å². The molecule has 0 heterocycles. The number of nitrogens with two attached hydrogens (primary N) is 1. The molecule has 0 saturated heterocycles. The van der Waals surface area contributed by atoms with E-state index in [9.17, 15) is 0 Å². The minimum absolute atomic E-state index is 0.351. The van der Waals surface area contributed by atoms with Gasteiger partial charge in [0.2, 0.25) is 0 Å². The van der Waals surface area contributed by atoms with Crippen LogP contribution in [0.5, 0.6) is 0 Å². The summed E-state index contributed by atoms with van der Waals surface area (Å²) in [7, 11) is 0. The van der Waals surface area contributed by atoms with Crippen LogP contribution in [0.4, 0.5) is 0 Å². The molecule has 0 amide bonds. The summed E-state index contributed by atoms with van der Waals surface area (Å²) < 4.78 is 0. The molecule has 0 aromatic rings. The highest BCUT2D eigenvalue weighted by Crippen LogP contribution is 2.38. The average molecular weight is 185 g/mol. The largest absolute Gasteiger partial charge is 0.327 e. The third-order valence-corrected chi connectivity index (χ3v) is 4.17. The first-order chi connectivity index (χ1) is 5.87. The zero-order valence-corrected chi connectivity index (χ0v) is 10.2. The fraction of sp³-hybridized carbons (Fsp3) is 1.00. The molecule has 1 heteroatoms. The van der Waals surface area contributed by atoms with Gasteiger partial charge in [0, 0.05) is 6.04 Å². The van der Waals surface area contributed by atoms with Gasteiger partial charge < -0.3 is 5.73 Å². The van der Waals surface area contributed by atoms with E-state index in [-0.39, 0.29) is 0 Å². The second-order valence-corrected chi connectivity index (χ2v) is 4.99. The lowest BCUT2D eigenvalue weighted by atomic mass is 9.67. The summed E-state index contributed by atoms with van der Waals surface area (Å²) in [5.74, 6) is 1.35. The van der Waals surface area contributed by atoms with Crippen molar-refractivity contribution in [3.8, 4) is 0 Å². The Morgan fingerprint density at radius 2 is 1.54 bits per heavy atom. The molecule has 0 radical (unpaired) electrons. The standard InChI is InChI=1S/C12H27N/c1-7-9(3)12(5,6)10(4)11(13)8-2/h9-11H,7-8,13H2,1-6H3/t9-,10-,11+/m1/s1. The van der Waals surface area contributed by atoms with Gasteiger partial charge in [-0.2, -0.15) is 0 Å². The first-order valence-corrected chi connectivity index (χ1v) is 5.63. The predicted molar refractivity (Wildman–Crippen MR) is 60.7 cm³/mol. The van der Waals surface area contributed by atoms with Gasteiger partial charge in [-0.1, -0.05) is 48.0 Å². The van der Waals surface area contributed by atoms with E-state index in [0.29, 0.717) is 17.4 Å². The van der Waals surface area contributed by atoms with Crippen LogP contribution in [0.1, 0.15) is 54.4 Å². The molecule has 80 valence electrons. The maximum atomic E-state index is 6.10. The average Bonchev–Trinajstić information content (AvgIpc) is 2.13. The van der Waals surface area contributed by atoms with E-state index in [0.717, 1.165) is 12.3 Å². The molecule has 2 N–H and O–H groups in total. The Morgan fingerprint density at radius 1 is 1.08 bits per heavy atom. The third-order valence-electron chi connectivity index (χ3n) is 4.17. The smallest absolute Gasteiger partial charge is 0.00670 e. The van der Waals surface area contributed by atoms with E-state index in [1.54, 1.807) is 0 Å². The summed E-state index contributed by atoms with van der Waals surface area (Å²) in [5, 5.41) is 0. The van der Waals surface area contributed by atoms with Gasteiger partial charge in [0.05, 0.1) is 0 Å². The van der Waals surface area contributed by atoms with Crippen LogP contribution in [0.2, 0.25) is 0 Å². The molecule has 0 bridgehead atoms. The van der Waals surface area contributed by atoms with Crippen LogP contribution in [0.15, 0.2) is 0 Å². The Morgan fingerprint density at radius 3 is 1.85 bits per heavy atom. The Bertz CT molecular complexity index is 140. The Kier molecular flexibility index (Phi) is 4.98. The first-order valence-electron chi connectivity index (χ1n) is 5.63. The van der Waals surface area contributed by atoms with Crippen molar-refractivity contribution in [2.24, 2.45) is 23.0 Å². The number of rotatable bonds is 5. The van der Waals surface area contributed by atoms with Gasteiger partial charge in [0.1, 0.15) is 0 Å². The van der Waals surface area contributed by atoms with Crippen LogP contribution in [-0.4, -0.2) is 6.04 Å². The van der Waals surface area contributed by atoms with E-state index in [2.05, 4.69) is 41.5 Å². The second kappa shape index (κ2) is 4.99. The van der Waals surface area contributed by atoms with E-state index in [1.807, 2.05) is 0 Å². The first kappa shape index (κ1) is 13.0. The lowest BCUT2D eigenvalue weighted by Gasteiger charge is -2.40. The Balaban J connectivity index is 4.42. The summed E-state index contributed by atoms with van der Waals surface area (Å²) in [4.78, 5) is 0.